The Balaban J connectivity index is 3.16. The highest BCUT2D eigenvalue weighted by Crippen LogP contribution is 2.15. The Morgan fingerprint density at radius 2 is 1.75 bits per heavy atom. The average molecular weight is 358 g/mol. The molecular weight excluding hydrogens is 332 g/mol. The second-order valence-corrected chi connectivity index (χ2v) is 6.63. The van der Waals surface area contributed by atoms with Crippen molar-refractivity contribution in [1.29, 1.82) is 0 Å². The van der Waals surface area contributed by atoms with Crippen molar-refractivity contribution in [2.75, 3.05) is 26.2 Å². The lowest BCUT2D eigenvalue weighted by atomic mass is 10.2. The molecule has 1 aromatic rings. The molecule has 1 aromatic carbocycles. The van der Waals surface area contributed by atoms with Crippen LogP contribution in [0.1, 0.15) is 26.3 Å². The highest BCUT2D eigenvalue weighted by Gasteiger charge is 2.36. The number of hydrogen-bond acceptors (Lipinski definition) is 5. The normalized spacial score (nSPS) is 13.2. The average Bonchev–Trinajstić information content (AvgIpc) is 2.54. The highest BCUT2D eigenvalue weighted by atomic mass is 32.2. The van der Waals surface area contributed by atoms with Crippen LogP contribution >= 0.6 is 0 Å². The van der Waals surface area contributed by atoms with Crippen LogP contribution in [0.3, 0.4) is 0 Å². The fourth-order valence-electron chi connectivity index (χ4n) is 2.36. The zero-order chi connectivity index (χ0) is 18.2. The quantitative estimate of drug-likeness (QED) is 0.505. The third-order valence-corrected chi connectivity index (χ3v) is 4.69. The minimum atomic E-state index is -4.58. The highest BCUT2D eigenvalue weighted by molar-refractivity contribution is 7.83. The third-order valence-electron chi connectivity index (χ3n) is 3.71. The zero-order valence-corrected chi connectivity index (χ0v) is 15.2. The minimum absolute atomic E-state index is 0.107. The van der Waals surface area contributed by atoms with Gasteiger partial charge in [0.2, 0.25) is 0 Å². The molecule has 0 bridgehead atoms. The van der Waals surface area contributed by atoms with E-state index in [0.717, 1.165) is 4.31 Å². The maximum absolute atomic E-state index is 12.3. The van der Waals surface area contributed by atoms with Crippen LogP contribution < -0.4 is 0 Å². The fourth-order valence-corrected chi connectivity index (χ4v) is 3.15. The molecule has 0 aliphatic heterocycles. The van der Waals surface area contributed by atoms with Gasteiger partial charge in [0.05, 0.1) is 6.61 Å². The molecule has 8 heteroatoms. The number of carbonyl (C=O) groups excluding carboxylic acids is 1. The molecule has 1 atom stereocenters. The Morgan fingerprint density at radius 3 is 2.21 bits per heavy atom. The summed E-state index contributed by atoms with van der Waals surface area (Å²) in [5, 5.41) is 0. The topological polar surface area (TPSA) is 87.2 Å². The van der Waals surface area contributed by atoms with Crippen molar-refractivity contribution >= 4 is 16.3 Å². The van der Waals surface area contributed by atoms with Gasteiger partial charge >= 0.3 is 16.3 Å². The smallest absolute Gasteiger partial charge is 0.337 e. The number of likely N-dealkylation sites (N-methyl/N-ethyl adjacent to an activating group) is 1. The number of rotatable bonds is 10. The van der Waals surface area contributed by atoms with Crippen molar-refractivity contribution in [3.05, 3.63) is 35.9 Å². The van der Waals surface area contributed by atoms with E-state index in [-0.39, 0.29) is 19.7 Å². The SMILES string of the molecule is CCOC(=O)[C@H](CN(CC)CC)N(Cc1ccccc1)S(=O)(=O)O. The van der Waals surface area contributed by atoms with E-state index in [2.05, 4.69) is 0 Å². The van der Waals surface area contributed by atoms with Gasteiger partial charge in [-0.05, 0) is 25.6 Å². The standard InChI is InChI=1S/C16H26N2O5S/c1-4-17(5-2)13-15(16(19)23-6-3)18(24(20,21)22)12-14-10-8-7-9-11-14/h7-11,15H,4-6,12-13H2,1-3H3,(H,20,21,22)/t15-/m0/s1. The summed E-state index contributed by atoms with van der Waals surface area (Å²) in [6, 6.07) is 7.69. The van der Waals surface area contributed by atoms with Crippen LogP contribution in [0.15, 0.2) is 30.3 Å². The molecular formula is C16H26N2O5S. The predicted octanol–water partition coefficient (Wildman–Crippen LogP) is 1.56. The summed E-state index contributed by atoms with van der Waals surface area (Å²) in [7, 11) is -4.58. The first-order valence-corrected chi connectivity index (χ1v) is 9.40. The first-order valence-electron chi connectivity index (χ1n) is 8.00. The van der Waals surface area contributed by atoms with E-state index in [1.165, 1.54) is 0 Å². The molecule has 0 heterocycles. The van der Waals surface area contributed by atoms with Crippen LogP contribution in [-0.4, -0.2) is 60.4 Å². The van der Waals surface area contributed by atoms with Gasteiger partial charge in [0, 0.05) is 13.1 Å². The molecule has 7 nitrogen and oxygen atoms in total. The molecule has 0 saturated heterocycles. The van der Waals surface area contributed by atoms with Crippen LogP contribution in [-0.2, 0) is 26.4 Å². The summed E-state index contributed by atoms with van der Waals surface area (Å²) in [5.74, 6) is -0.669. The maximum Gasteiger partial charge on any atom is 0.337 e. The molecule has 1 N–H and O–H groups in total. The summed E-state index contributed by atoms with van der Waals surface area (Å²) < 4.78 is 39.3. The lowest BCUT2D eigenvalue weighted by Crippen LogP contribution is -2.51. The van der Waals surface area contributed by atoms with Crippen LogP contribution in [0.25, 0.3) is 0 Å². The molecule has 0 saturated carbocycles. The van der Waals surface area contributed by atoms with Crippen LogP contribution in [0.2, 0.25) is 0 Å². The summed E-state index contributed by atoms with van der Waals surface area (Å²) in [4.78, 5) is 14.2. The van der Waals surface area contributed by atoms with Crippen LogP contribution in [0.5, 0.6) is 0 Å². The molecule has 0 aromatic heterocycles. The Labute approximate surface area is 144 Å². The number of hydrogen-bond donors (Lipinski definition) is 1. The van der Waals surface area contributed by atoms with E-state index < -0.39 is 22.3 Å². The van der Waals surface area contributed by atoms with Gasteiger partial charge in [0.25, 0.3) is 0 Å². The number of carbonyl (C=O) groups is 1. The van der Waals surface area contributed by atoms with Gasteiger partial charge in [-0.1, -0.05) is 44.2 Å². The Kier molecular flexibility index (Phi) is 8.34. The van der Waals surface area contributed by atoms with Gasteiger partial charge in [0.1, 0.15) is 6.04 Å². The van der Waals surface area contributed by atoms with Gasteiger partial charge in [-0.25, -0.2) is 0 Å². The first kappa shape index (κ1) is 20.6. The largest absolute Gasteiger partial charge is 0.465 e. The Morgan fingerprint density at radius 1 is 1.17 bits per heavy atom. The van der Waals surface area contributed by atoms with E-state index in [9.17, 15) is 17.8 Å². The number of esters is 1. The van der Waals surface area contributed by atoms with E-state index in [1.807, 2.05) is 18.7 Å². The molecule has 24 heavy (non-hydrogen) atoms. The van der Waals surface area contributed by atoms with E-state index in [0.29, 0.717) is 18.7 Å². The summed E-state index contributed by atoms with van der Waals surface area (Å²) in [5.41, 5.74) is 0.670. The van der Waals surface area contributed by atoms with E-state index in [4.69, 9.17) is 4.74 Å². The molecule has 0 fully saturated rings. The van der Waals surface area contributed by atoms with Crippen molar-refractivity contribution in [2.45, 2.75) is 33.4 Å². The van der Waals surface area contributed by atoms with Gasteiger partial charge in [0.15, 0.2) is 0 Å². The van der Waals surface area contributed by atoms with Gasteiger partial charge < -0.3 is 9.64 Å². The second-order valence-electron chi connectivity index (χ2n) is 5.26. The third kappa shape index (κ3) is 6.20. The summed E-state index contributed by atoms with van der Waals surface area (Å²) in [6.07, 6.45) is 0. The lowest BCUT2D eigenvalue weighted by molar-refractivity contribution is -0.148. The lowest BCUT2D eigenvalue weighted by Gasteiger charge is -2.31. The van der Waals surface area contributed by atoms with Gasteiger partial charge in [-0.15, -0.1) is 0 Å². The minimum Gasteiger partial charge on any atom is -0.465 e. The molecule has 0 aliphatic carbocycles. The molecule has 0 spiro atoms. The first-order chi connectivity index (χ1) is 11.3. The summed E-state index contributed by atoms with van der Waals surface area (Å²) >= 11 is 0. The number of ether oxygens (including phenoxy) is 1. The molecule has 0 aliphatic rings. The number of nitrogens with zero attached hydrogens (tertiary/aromatic N) is 2. The summed E-state index contributed by atoms with van der Waals surface area (Å²) in [6.45, 7) is 6.97. The fraction of sp³-hybridized carbons (Fsp3) is 0.562. The van der Waals surface area contributed by atoms with Crippen molar-refractivity contribution in [3.63, 3.8) is 0 Å². The number of benzene rings is 1. The molecule has 1 rings (SSSR count). The van der Waals surface area contributed by atoms with Crippen molar-refractivity contribution < 1.29 is 22.5 Å². The molecule has 136 valence electrons. The van der Waals surface area contributed by atoms with Crippen molar-refractivity contribution in [2.24, 2.45) is 0 Å². The van der Waals surface area contributed by atoms with Crippen LogP contribution in [0, 0.1) is 0 Å². The van der Waals surface area contributed by atoms with Gasteiger partial charge in [-0.2, -0.15) is 12.7 Å². The van der Waals surface area contributed by atoms with E-state index in [1.54, 1.807) is 37.3 Å². The Hall–Kier alpha value is -1.48. The van der Waals surface area contributed by atoms with Crippen LogP contribution in [0.4, 0.5) is 0 Å². The van der Waals surface area contributed by atoms with Crippen molar-refractivity contribution in [1.82, 2.24) is 9.21 Å². The monoisotopic (exact) mass is 358 g/mol. The molecule has 0 amide bonds. The maximum atomic E-state index is 12.3. The Bertz CT molecular complexity index is 602. The molecule has 0 radical (unpaired) electrons. The predicted molar refractivity (Wildman–Crippen MR) is 91.7 cm³/mol. The van der Waals surface area contributed by atoms with Gasteiger partial charge in [-0.3, -0.25) is 9.35 Å². The molecule has 0 unspecified atom stereocenters. The van der Waals surface area contributed by atoms with Crippen molar-refractivity contribution in [3.8, 4) is 0 Å². The van der Waals surface area contributed by atoms with E-state index >= 15 is 0 Å². The zero-order valence-electron chi connectivity index (χ0n) is 14.4. The second kappa shape index (κ2) is 9.73.